The first-order chi connectivity index (χ1) is 15.6. The summed E-state index contributed by atoms with van der Waals surface area (Å²) in [7, 11) is 0. The summed E-state index contributed by atoms with van der Waals surface area (Å²) in [4.78, 5) is 38.4. The van der Waals surface area contributed by atoms with Gasteiger partial charge in [-0.3, -0.25) is 4.79 Å². The van der Waals surface area contributed by atoms with Gasteiger partial charge in [0.15, 0.2) is 5.78 Å². The topological polar surface area (TPSA) is 117 Å². The summed E-state index contributed by atoms with van der Waals surface area (Å²) in [5.74, 6) is 0.782. The Morgan fingerprint density at radius 1 is 1.12 bits per heavy atom. The van der Waals surface area contributed by atoms with E-state index < -0.39 is 6.04 Å². The van der Waals surface area contributed by atoms with Gasteiger partial charge < -0.3 is 19.7 Å². The predicted octanol–water partition coefficient (Wildman–Crippen LogP) is 3.99. The number of carbonyl (C=O) groups is 2. The van der Waals surface area contributed by atoms with E-state index in [-0.39, 0.29) is 11.8 Å². The number of amides is 2. The quantitative estimate of drug-likeness (QED) is 0.475. The van der Waals surface area contributed by atoms with Crippen LogP contribution in [-0.4, -0.2) is 36.8 Å². The van der Waals surface area contributed by atoms with Crippen molar-refractivity contribution >= 4 is 17.5 Å². The van der Waals surface area contributed by atoms with Crippen LogP contribution >= 0.6 is 0 Å². The SMILES string of the molecule is CC(=O)c1ccc(NC(=O)N2Cc3[nH]cnc3C[C@H]2c2nc(-c3ccccc3)no2)cc1. The van der Waals surface area contributed by atoms with E-state index in [0.29, 0.717) is 35.9 Å². The first-order valence-electron chi connectivity index (χ1n) is 10.2. The Labute approximate surface area is 183 Å². The second kappa shape index (κ2) is 8.10. The minimum atomic E-state index is -0.466. The largest absolute Gasteiger partial charge is 0.347 e. The number of aromatic nitrogens is 4. The molecule has 1 aliphatic rings. The summed E-state index contributed by atoms with van der Waals surface area (Å²) < 4.78 is 5.56. The zero-order valence-electron chi connectivity index (χ0n) is 17.3. The number of benzene rings is 2. The summed E-state index contributed by atoms with van der Waals surface area (Å²) >= 11 is 0. The molecular weight excluding hydrogens is 408 g/mol. The lowest BCUT2D eigenvalue weighted by atomic mass is 10.0. The second-order valence-corrected chi connectivity index (χ2v) is 7.56. The van der Waals surface area contributed by atoms with E-state index in [1.165, 1.54) is 6.92 Å². The fraction of sp³-hybridized carbons (Fsp3) is 0.174. The Balaban J connectivity index is 1.42. The lowest BCUT2D eigenvalue weighted by Gasteiger charge is -2.32. The van der Waals surface area contributed by atoms with Gasteiger partial charge in [-0.15, -0.1) is 0 Å². The molecule has 160 valence electrons. The van der Waals surface area contributed by atoms with Crippen LogP contribution < -0.4 is 5.32 Å². The van der Waals surface area contributed by atoms with E-state index >= 15 is 0 Å². The van der Waals surface area contributed by atoms with Gasteiger partial charge in [0.25, 0.3) is 0 Å². The number of anilines is 1. The number of rotatable bonds is 4. The van der Waals surface area contributed by atoms with Crippen molar-refractivity contribution in [1.29, 1.82) is 0 Å². The maximum absolute atomic E-state index is 13.2. The van der Waals surface area contributed by atoms with Gasteiger partial charge in [-0.1, -0.05) is 35.5 Å². The van der Waals surface area contributed by atoms with Crippen molar-refractivity contribution in [2.24, 2.45) is 0 Å². The molecule has 9 heteroatoms. The van der Waals surface area contributed by atoms with Crippen molar-refractivity contribution in [2.45, 2.75) is 25.9 Å². The Morgan fingerprint density at radius 2 is 1.91 bits per heavy atom. The van der Waals surface area contributed by atoms with Crippen molar-refractivity contribution < 1.29 is 14.1 Å². The molecule has 0 unspecified atom stereocenters. The van der Waals surface area contributed by atoms with E-state index in [9.17, 15) is 9.59 Å². The number of nitrogens with one attached hydrogen (secondary N) is 2. The summed E-state index contributed by atoms with van der Waals surface area (Å²) in [6, 6.07) is 15.5. The molecule has 0 fully saturated rings. The summed E-state index contributed by atoms with van der Waals surface area (Å²) in [5, 5.41) is 7.00. The van der Waals surface area contributed by atoms with E-state index in [4.69, 9.17) is 4.52 Å². The van der Waals surface area contributed by atoms with Crippen molar-refractivity contribution in [3.05, 3.63) is 83.8 Å². The predicted molar refractivity (Wildman–Crippen MR) is 116 cm³/mol. The molecule has 0 spiro atoms. The fourth-order valence-electron chi connectivity index (χ4n) is 3.73. The van der Waals surface area contributed by atoms with Gasteiger partial charge >= 0.3 is 6.03 Å². The van der Waals surface area contributed by atoms with Gasteiger partial charge in [0.2, 0.25) is 11.7 Å². The van der Waals surface area contributed by atoms with Crippen LogP contribution in [0.5, 0.6) is 0 Å². The molecule has 0 aliphatic carbocycles. The smallest absolute Gasteiger partial charge is 0.322 e. The number of urea groups is 1. The van der Waals surface area contributed by atoms with Gasteiger partial charge in [0, 0.05) is 23.2 Å². The van der Waals surface area contributed by atoms with Gasteiger partial charge in [-0.05, 0) is 31.2 Å². The molecule has 0 saturated heterocycles. The Hall–Kier alpha value is -4.27. The number of nitrogens with zero attached hydrogens (tertiary/aromatic N) is 4. The van der Waals surface area contributed by atoms with E-state index in [1.54, 1.807) is 35.5 Å². The fourth-order valence-corrected chi connectivity index (χ4v) is 3.73. The molecule has 0 radical (unpaired) electrons. The first kappa shape index (κ1) is 19.7. The molecular formula is C23H20N6O3. The van der Waals surface area contributed by atoms with Crippen molar-refractivity contribution in [3.63, 3.8) is 0 Å². The molecule has 0 saturated carbocycles. The molecule has 9 nitrogen and oxygen atoms in total. The molecule has 2 aromatic heterocycles. The third-order valence-electron chi connectivity index (χ3n) is 5.46. The van der Waals surface area contributed by atoms with Crippen molar-refractivity contribution in [2.75, 3.05) is 5.32 Å². The van der Waals surface area contributed by atoms with Crippen LogP contribution in [0.15, 0.2) is 65.4 Å². The highest BCUT2D eigenvalue weighted by Crippen LogP contribution is 2.32. The highest BCUT2D eigenvalue weighted by molar-refractivity contribution is 5.95. The number of imidazole rings is 1. The zero-order chi connectivity index (χ0) is 22.1. The monoisotopic (exact) mass is 428 g/mol. The summed E-state index contributed by atoms with van der Waals surface area (Å²) in [6.07, 6.45) is 2.07. The maximum Gasteiger partial charge on any atom is 0.322 e. The minimum Gasteiger partial charge on any atom is -0.347 e. The van der Waals surface area contributed by atoms with Crippen LogP contribution in [-0.2, 0) is 13.0 Å². The van der Waals surface area contributed by atoms with Crippen LogP contribution in [0, 0.1) is 0 Å². The van der Waals surface area contributed by atoms with Crippen LogP contribution in [0.3, 0.4) is 0 Å². The highest BCUT2D eigenvalue weighted by atomic mass is 16.5. The number of ketones is 1. The Kier molecular flexibility index (Phi) is 4.98. The number of H-pyrrole nitrogens is 1. The zero-order valence-corrected chi connectivity index (χ0v) is 17.3. The molecule has 4 aromatic rings. The molecule has 2 aromatic carbocycles. The summed E-state index contributed by atoms with van der Waals surface area (Å²) in [6.45, 7) is 1.82. The molecule has 1 atom stereocenters. The molecule has 32 heavy (non-hydrogen) atoms. The van der Waals surface area contributed by atoms with Crippen LogP contribution in [0.4, 0.5) is 10.5 Å². The van der Waals surface area contributed by atoms with Crippen molar-refractivity contribution in [1.82, 2.24) is 25.0 Å². The Bertz CT molecular complexity index is 1260. The third kappa shape index (κ3) is 3.76. The molecule has 2 N–H and O–H groups in total. The van der Waals surface area contributed by atoms with Gasteiger partial charge in [0.05, 0.1) is 24.3 Å². The van der Waals surface area contributed by atoms with Gasteiger partial charge in [0.1, 0.15) is 6.04 Å². The highest BCUT2D eigenvalue weighted by Gasteiger charge is 2.36. The minimum absolute atomic E-state index is 0.0311. The molecule has 0 bridgehead atoms. The molecule has 1 aliphatic heterocycles. The summed E-state index contributed by atoms with van der Waals surface area (Å²) in [5.41, 5.74) is 3.74. The lowest BCUT2D eigenvalue weighted by molar-refractivity contribution is 0.101. The average molecular weight is 428 g/mol. The number of hydrogen-bond acceptors (Lipinski definition) is 6. The lowest BCUT2D eigenvalue weighted by Crippen LogP contribution is -2.41. The first-order valence-corrected chi connectivity index (χ1v) is 10.2. The Morgan fingerprint density at radius 3 is 2.66 bits per heavy atom. The number of fused-ring (bicyclic) bond motifs is 1. The number of Topliss-reactive ketones (excluding diaryl/α,β-unsaturated/α-hetero) is 1. The number of carbonyl (C=O) groups excluding carboxylic acids is 2. The standard InChI is InChI=1S/C23H20N6O3/c1-14(30)15-7-9-17(10-8-15)26-23(31)29-12-19-18(24-13-25-19)11-20(29)22-27-21(28-32-22)16-5-3-2-4-6-16/h2-10,13,20H,11-12H2,1H3,(H,24,25)(H,26,31)/t20-/m0/s1. The maximum atomic E-state index is 13.2. The van der Waals surface area contributed by atoms with Crippen LogP contribution in [0.25, 0.3) is 11.4 Å². The normalized spacial score (nSPS) is 15.3. The van der Waals surface area contributed by atoms with Gasteiger partial charge in [-0.25, -0.2) is 9.78 Å². The number of hydrogen-bond donors (Lipinski definition) is 2. The van der Waals surface area contributed by atoms with Crippen LogP contribution in [0.1, 0.15) is 40.6 Å². The van der Waals surface area contributed by atoms with Crippen molar-refractivity contribution in [3.8, 4) is 11.4 Å². The van der Waals surface area contributed by atoms with Crippen LogP contribution in [0.2, 0.25) is 0 Å². The molecule has 2 amide bonds. The molecule has 5 rings (SSSR count). The second-order valence-electron chi connectivity index (χ2n) is 7.56. The third-order valence-corrected chi connectivity index (χ3v) is 5.46. The van der Waals surface area contributed by atoms with E-state index in [0.717, 1.165) is 17.0 Å². The van der Waals surface area contributed by atoms with Gasteiger partial charge in [-0.2, -0.15) is 4.98 Å². The average Bonchev–Trinajstić information content (AvgIpc) is 3.48. The molecule has 3 heterocycles. The number of aromatic amines is 1. The van der Waals surface area contributed by atoms with E-state index in [2.05, 4.69) is 25.4 Å². The van der Waals surface area contributed by atoms with E-state index in [1.807, 2.05) is 30.3 Å².